The molecule has 1 aromatic carbocycles. The zero-order valence-corrected chi connectivity index (χ0v) is 15.6. The summed E-state index contributed by atoms with van der Waals surface area (Å²) in [5, 5.41) is 32.6. The fraction of sp³-hybridized carbons (Fsp3) is 0.316. The molecule has 1 unspecified atom stereocenters. The van der Waals surface area contributed by atoms with E-state index in [4.69, 9.17) is 0 Å². The van der Waals surface area contributed by atoms with Gasteiger partial charge in [-0.15, -0.1) is 0 Å². The summed E-state index contributed by atoms with van der Waals surface area (Å²) in [5.41, 5.74) is 2.69. The zero-order chi connectivity index (χ0) is 19.5. The first-order valence-corrected chi connectivity index (χ1v) is 8.00. The fourth-order valence-corrected chi connectivity index (χ4v) is 2.59. The Balaban J connectivity index is 2.61. The maximum absolute atomic E-state index is 11.2. The normalized spacial score (nSPS) is 21.6. The monoisotopic (exact) mass is 350 g/mol. The maximum Gasteiger partial charge on any atom is 0.225 e. The maximum atomic E-state index is 11.2. The summed E-state index contributed by atoms with van der Waals surface area (Å²) < 4.78 is 0. The first-order valence-electron chi connectivity index (χ1n) is 8.00. The van der Waals surface area contributed by atoms with Crippen LogP contribution in [0, 0.1) is 22.7 Å². The van der Waals surface area contributed by atoms with Crippen LogP contribution in [0.15, 0.2) is 46.2 Å². The van der Waals surface area contributed by atoms with Crippen LogP contribution in [-0.2, 0) is 0 Å². The van der Waals surface area contributed by atoms with Gasteiger partial charge in [0.1, 0.15) is 12.1 Å². The van der Waals surface area contributed by atoms with E-state index >= 15 is 0 Å². The van der Waals surface area contributed by atoms with E-state index in [1.165, 1.54) is 4.90 Å². The molecule has 1 aliphatic rings. The van der Waals surface area contributed by atoms with Crippen molar-refractivity contribution in [1.82, 2.24) is 10.2 Å². The van der Waals surface area contributed by atoms with Crippen molar-refractivity contribution >= 4 is 17.5 Å². The highest BCUT2D eigenvalue weighted by atomic mass is 16.3. The van der Waals surface area contributed by atoms with Gasteiger partial charge in [-0.1, -0.05) is 12.1 Å². The SMILES string of the molecule is CC1=NC(C#N)=C(C#N)NC(O)(N(C)C)/C1=C/c1ccc(N(C)C)cc1. The molecule has 0 saturated heterocycles. The van der Waals surface area contributed by atoms with E-state index < -0.39 is 5.85 Å². The molecule has 7 nitrogen and oxygen atoms in total. The van der Waals surface area contributed by atoms with E-state index in [1.54, 1.807) is 27.1 Å². The highest BCUT2D eigenvalue weighted by Crippen LogP contribution is 2.27. The second kappa shape index (κ2) is 7.40. The third-order valence-corrected chi connectivity index (χ3v) is 4.17. The van der Waals surface area contributed by atoms with Crippen molar-refractivity contribution in [3.63, 3.8) is 0 Å². The highest BCUT2D eigenvalue weighted by molar-refractivity contribution is 6.05. The number of likely N-dealkylation sites (N-methyl/N-ethyl adjacent to an activating group) is 1. The molecule has 2 N–H and O–H groups in total. The number of aliphatic imine (C=N–C) groups is 1. The van der Waals surface area contributed by atoms with Gasteiger partial charge in [-0.2, -0.15) is 10.5 Å². The van der Waals surface area contributed by atoms with Crippen molar-refractivity contribution in [2.45, 2.75) is 12.8 Å². The van der Waals surface area contributed by atoms with Gasteiger partial charge >= 0.3 is 0 Å². The average molecular weight is 350 g/mol. The molecule has 0 aromatic heterocycles. The Hall–Kier alpha value is -3.13. The second-order valence-electron chi connectivity index (χ2n) is 6.38. The Morgan fingerprint density at radius 1 is 1.12 bits per heavy atom. The molecule has 2 rings (SSSR count). The van der Waals surface area contributed by atoms with E-state index in [9.17, 15) is 15.6 Å². The van der Waals surface area contributed by atoms with Crippen LogP contribution in [0.4, 0.5) is 5.69 Å². The summed E-state index contributed by atoms with van der Waals surface area (Å²) >= 11 is 0. The van der Waals surface area contributed by atoms with Crippen LogP contribution < -0.4 is 10.2 Å². The molecule has 26 heavy (non-hydrogen) atoms. The van der Waals surface area contributed by atoms with Crippen molar-refractivity contribution in [2.24, 2.45) is 4.99 Å². The number of nitrogens with zero attached hydrogens (tertiary/aromatic N) is 5. The van der Waals surface area contributed by atoms with Gasteiger partial charge in [0.05, 0.1) is 0 Å². The predicted molar refractivity (Wildman–Crippen MR) is 102 cm³/mol. The van der Waals surface area contributed by atoms with Crippen molar-refractivity contribution in [3.8, 4) is 12.1 Å². The molecule has 7 heteroatoms. The third-order valence-electron chi connectivity index (χ3n) is 4.17. The molecule has 0 bridgehead atoms. The summed E-state index contributed by atoms with van der Waals surface area (Å²) in [6, 6.07) is 11.6. The molecule has 0 spiro atoms. The quantitative estimate of drug-likeness (QED) is 0.805. The Bertz CT molecular complexity index is 865. The number of allylic oxidation sites excluding steroid dienone is 2. The number of nitriles is 2. The van der Waals surface area contributed by atoms with E-state index in [0.717, 1.165) is 11.3 Å². The first kappa shape index (κ1) is 19.2. The summed E-state index contributed by atoms with van der Waals surface area (Å²) in [6.07, 6.45) is 1.79. The van der Waals surface area contributed by atoms with Gasteiger partial charge in [-0.25, -0.2) is 4.99 Å². The minimum atomic E-state index is -1.68. The smallest absolute Gasteiger partial charge is 0.225 e. The van der Waals surface area contributed by atoms with Gasteiger partial charge in [0.15, 0.2) is 11.4 Å². The van der Waals surface area contributed by atoms with Crippen LogP contribution in [0.2, 0.25) is 0 Å². The lowest BCUT2D eigenvalue weighted by Gasteiger charge is -2.36. The number of hydrogen-bond donors (Lipinski definition) is 2. The van der Waals surface area contributed by atoms with Crippen LogP contribution in [-0.4, -0.2) is 49.8 Å². The van der Waals surface area contributed by atoms with Crippen LogP contribution in [0.3, 0.4) is 0 Å². The van der Waals surface area contributed by atoms with Gasteiger partial charge in [0, 0.05) is 31.1 Å². The van der Waals surface area contributed by atoms with Crippen LogP contribution in [0.25, 0.3) is 6.08 Å². The number of anilines is 1. The van der Waals surface area contributed by atoms with E-state index in [-0.39, 0.29) is 11.4 Å². The molecule has 0 fully saturated rings. The standard InChI is InChI=1S/C19H22N6O/c1-13-16(10-14-6-8-15(9-7-14)24(2)3)19(26,25(4)5)23-18(12-21)17(11-20)22-13/h6-10,23,26H,1-5H3/b16-10+. The number of hydrogen-bond acceptors (Lipinski definition) is 7. The van der Waals surface area contributed by atoms with Gasteiger partial charge < -0.3 is 15.3 Å². The average Bonchev–Trinajstić information content (AvgIpc) is 2.71. The molecule has 1 aromatic rings. The molecule has 0 aliphatic carbocycles. The minimum Gasteiger partial charge on any atom is -0.378 e. The van der Waals surface area contributed by atoms with Crippen LogP contribution in [0.5, 0.6) is 0 Å². The van der Waals surface area contributed by atoms with Gasteiger partial charge in [0.2, 0.25) is 5.85 Å². The second-order valence-corrected chi connectivity index (χ2v) is 6.38. The molecule has 0 radical (unpaired) electrons. The molecule has 1 aliphatic heterocycles. The minimum absolute atomic E-state index is 0.0587. The molecular formula is C19H22N6O. The Labute approximate surface area is 153 Å². The van der Waals surface area contributed by atoms with Crippen molar-refractivity contribution in [2.75, 3.05) is 33.1 Å². The van der Waals surface area contributed by atoms with E-state index in [1.807, 2.05) is 55.4 Å². The zero-order valence-electron chi connectivity index (χ0n) is 15.6. The predicted octanol–water partition coefficient (Wildman–Crippen LogP) is 1.67. The lowest BCUT2D eigenvalue weighted by atomic mass is 10.0. The fourth-order valence-electron chi connectivity index (χ4n) is 2.59. The van der Waals surface area contributed by atoms with E-state index in [0.29, 0.717) is 11.3 Å². The summed E-state index contributed by atoms with van der Waals surface area (Å²) in [4.78, 5) is 7.76. The highest BCUT2D eigenvalue weighted by Gasteiger charge is 2.39. The molecule has 0 saturated carbocycles. The molecule has 0 amide bonds. The van der Waals surface area contributed by atoms with Gasteiger partial charge in [-0.3, -0.25) is 4.90 Å². The Kier molecular flexibility index (Phi) is 5.47. The van der Waals surface area contributed by atoms with Crippen molar-refractivity contribution in [1.29, 1.82) is 10.5 Å². The molecule has 134 valence electrons. The summed E-state index contributed by atoms with van der Waals surface area (Å²) in [7, 11) is 7.27. The topological polar surface area (TPSA) is 98.7 Å². The summed E-state index contributed by atoms with van der Waals surface area (Å²) in [5.74, 6) is -1.68. The number of nitrogens with one attached hydrogen (secondary N) is 1. The lowest BCUT2D eigenvalue weighted by Crippen LogP contribution is -2.57. The van der Waals surface area contributed by atoms with E-state index in [2.05, 4.69) is 10.3 Å². The van der Waals surface area contributed by atoms with Crippen LogP contribution in [0.1, 0.15) is 12.5 Å². The largest absolute Gasteiger partial charge is 0.378 e. The van der Waals surface area contributed by atoms with Gasteiger partial charge in [-0.05, 0) is 44.8 Å². The molecule has 1 heterocycles. The third kappa shape index (κ3) is 3.60. The Morgan fingerprint density at radius 3 is 2.19 bits per heavy atom. The first-order chi connectivity index (χ1) is 12.2. The van der Waals surface area contributed by atoms with Gasteiger partial charge in [0.25, 0.3) is 0 Å². The number of aliphatic hydroxyl groups is 1. The lowest BCUT2D eigenvalue weighted by molar-refractivity contribution is -0.0625. The van der Waals surface area contributed by atoms with Crippen LogP contribution >= 0.6 is 0 Å². The molecule has 1 atom stereocenters. The number of benzene rings is 1. The summed E-state index contributed by atoms with van der Waals surface area (Å²) in [6.45, 7) is 1.70. The Morgan fingerprint density at radius 2 is 1.73 bits per heavy atom. The molecular weight excluding hydrogens is 328 g/mol. The van der Waals surface area contributed by atoms with Crippen molar-refractivity contribution < 1.29 is 5.11 Å². The number of rotatable bonds is 3. The van der Waals surface area contributed by atoms with Crippen molar-refractivity contribution in [3.05, 3.63) is 46.8 Å².